The van der Waals surface area contributed by atoms with E-state index in [1.165, 1.54) is 0 Å². The minimum Gasteiger partial charge on any atom is -0.497 e. The molecule has 1 atom stereocenters. The highest BCUT2D eigenvalue weighted by Gasteiger charge is 2.23. The predicted molar refractivity (Wildman–Crippen MR) is 130 cm³/mol. The Labute approximate surface area is 200 Å². The summed E-state index contributed by atoms with van der Waals surface area (Å²) in [6.45, 7) is 8.69. The highest BCUT2D eigenvalue weighted by molar-refractivity contribution is 7.99. The van der Waals surface area contributed by atoms with Crippen LogP contribution in [-0.2, 0) is 11.3 Å². The van der Waals surface area contributed by atoms with E-state index in [1.54, 1.807) is 18.9 Å². The lowest BCUT2D eigenvalue weighted by Crippen LogP contribution is -2.44. The van der Waals surface area contributed by atoms with Gasteiger partial charge in [-0.15, -0.1) is 10.2 Å². The van der Waals surface area contributed by atoms with E-state index >= 15 is 0 Å². The van der Waals surface area contributed by atoms with Crippen LogP contribution in [0.2, 0.25) is 0 Å². The van der Waals surface area contributed by atoms with Crippen LogP contribution in [0, 0.1) is 5.92 Å². The average Bonchev–Trinajstić information content (AvgIpc) is 3.25. The van der Waals surface area contributed by atoms with E-state index in [4.69, 9.17) is 14.2 Å². The Morgan fingerprint density at radius 3 is 2.55 bits per heavy atom. The van der Waals surface area contributed by atoms with Crippen molar-refractivity contribution >= 4 is 11.8 Å². The molecule has 0 bridgehead atoms. The van der Waals surface area contributed by atoms with Crippen LogP contribution < -0.4 is 9.47 Å². The number of para-hydroxylation sites is 1. The van der Waals surface area contributed by atoms with Crippen LogP contribution in [-0.4, -0.2) is 64.9 Å². The van der Waals surface area contributed by atoms with E-state index in [0.717, 1.165) is 60.2 Å². The summed E-state index contributed by atoms with van der Waals surface area (Å²) in [6, 6.07) is 17.7. The Kier molecular flexibility index (Phi) is 8.25. The minimum atomic E-state index is 0.183. The molecule has 33 heavy (non-hydrogen) atoms. The molecule has 1 aliphatic rings. The molecule has 0 saturated carbocycles. The minimum absolute atomic E-state index is 0.183. The molecule has 8 heteroatoms. The van der Waals surface area contributed by atoms with Crippen LogP contribution in [0.5, 0.6) is 11.5 Å². The summed E-state index contributed by atoms with van der Waals surface area (Å²) in [5.41, 5.74) is 1.02. The molecule has 1 unspecified atom stereocenters. The lowest BCUT2D eigenvalue weighted by molar-refractivity contribution is -0.0191. The number of hydrogen-bond acceptors (Lipinski definition) is 7. The molecule has 0 N–H and O–H groups in total. The summed E-state index contributed by atoms with van der Waals surface area (Å²) in [5.74, 6) is 3.80. The number of rotatable bonds is 10. The molecule has 1 aromatic heterocycles. The standard InChI is InChI=1S/C25H32N4O3S/c1-19(2)15-28-13-14-31-23(16-28)18-33-25-27-26-24(29(25)20-7-5-4-6-8-20)17-32-22-11-9-21(30-3)10-12-22/h4-12,19,23H,13-18H2,1-3H3. The third kappa shape index (κ3) is 6.50. The van der Waals surface area contributed by atoms with Crippen molar-refractivity contribution in [2.45, 2.75) is 31.7 Å². The van der Waals surface area contributed by atoms with Crippen LogP contribution in [0.1, 0.15) is 19.7 Å². The second-order valence-electron chi connectivity index (χ2n) is 8.49. The Balaban J connectivity index is 1.45. The zero-order valence-electron chi connectivity index (χ0n) is 19.5. The SMILES string of the molecule is COc1ccc(OCc2nnc(SCC3CN(CC(C)C)CCO3)n2-c2ccccc2)cc1. The van der Waals surface area contributed by atoms with Crippen molar-refractivity contribution in [1.29, 1.82) is 0 Å². The van der Waals surface area contributed by atoms with Crippen molar-refractivity contribution < 1.29 is 14.2 Å². The van der Waals surface area contributed by atoms with E-state index in [0.29, 0.717) is 12.5 Å². The molecule has 2 heterocycles. The van der Waals surface area contributed by atoms with Crippen molar-refractivity contribution in [1.82, 2.24) is 19.7 Å². The fraction of sp³-hybridized carbons (Fsp3) is 0.440. The maximum atomic E-state index is 6.03. The molecule has 176 valence electrons. The van der Waals surface area contributed by atoms with Gasteiger partial charge in [-0.3, -0.25) is 9.47 Å². The summed E-state index contributed by atoms with van der Waals surface area (Å²) in [4.78, 5) is 2.50. The van der Waals surface area contributed by atoms with Crippen molar-refractivity contribution in [2.24, 2.45) is 5.92 Å². The number of ether oxygens (including phenoxy) is 3. The molecule has 0 spiro atoms. The van der Waals surface area contributed by atoms with E-state index < -0.39 is 0 Å². The van der Waals surface area contributed by atoms with Gasteiger partial charge < -0.3 is 14.2 Å². The maximum Gasteiger partial charge on any atom is 0.196 e. The monoisotopic (exact) mass is 468 g/mol. The smallest absolute Gasteiger partial charge is 0.196 e. The molecule has 4 rings (SSSR count). The van der Waals surface area contributed by atoms with Crippen molar-refractivity contribution in [3.63, 3.8) is 0 Å². The summed E-state index contributed by atoms with van der Waals surface area (Å²) < 4.78 is 19.3. The average molecular weight is 469 g/mol. The van der Waals surface area contributed by atoms with Gasteiger partial charge in [-0.05, 0) is 42.3 Å². The Hall–Kier alpha value is -2.55. The quantitative estimate of drug-likeness (QED) is 0.411. The number of morpholine rings is 1. The van der Waals surface area contributed by atoms with Gasteiger partial charge >= 0.3 is 0 Å². The number of thioether (sulfide) groups is 1. The van der Waals surface area contributed by atoms with Crippen LogP contribution >= 0.6 is 11.8 Å². The first kappa shape index (κ1) is 23.6. The van der Waals surface area contributed by atoms with Gasteiger partial charge in [0.25, 0.3) is 0 Å². The van der Waals surface area contributed by atoms with Crippen LogP contribution in [0.15, 0.2) is 59.8 Å². The van der Waals surface area contributed by atoms with E-state index in [-0.39, 0.29) is 6.10 Å². The van der Waals surface area contributed by atoms with Gasteiger partial charge in [0.15, 0.2) is 11.0 Å². The number of benzene rings is 2. The first-order valence-corrected chi connectivity index (χ1v) is 12.3. The first-order valence-electron chi connectivity index (χ1n) is 11.4. The molecule has 2 aromatic carbocycles. The number of aromatic nitrogens is 3. The van der Waals surface area contributed by atoms with E-state index in [9.17, 15) is 0 Å². The van der Waals surface area contributed by atoms with Gasteiger partial charge in [0.2, 0.25) is 0 Å². The highest BCUT2D eigenvalue weighted by atomic mass is 32.2. The molecular formula is C25H32N4O3S. The van der Waals surface area contributed by atoms with Crippen LogP contribution in [0.4, 0.5) is 0 Å². The molecule has 1 saturated heterocycles. The largest absolute Gasteiger partial charge is 0.497 e. The van der Waals surface area contributed by atoms with Gasteiger partial charge in [0, 0.05) is 31.1 Å². The summed E-state index contributed by atoms with van der Waals surface area (Å²) in [5, 5.41) is 9.79. The molecule has 0 amide bonds. The predicted octanol–water partition coefficient (Wildman–Crippen LogP) is 4.30. The summed E-state index contributed by atoms with van der Waals surface area (Å²) >= 11 is 1.68. The fourth-order valence-electron chi connectivity index (χ4n) is 3.87. The van der Waals surface area contributed by atoms with Crippen molar-refractivity contribution in [3.8, 4) is 17.2 Å². The van der Waals surface area contributed by atoms with Gasteiger partial charge in [-0.2, -0.15) is 0 Å². The van der Waals surface area contributed by atoms with Crippen molar-refractivity contribution in [2.75, 3.05) is 39.1 Å². The van der Waals surface area contributed by atoms with E-state index in [2.05, 4.69) is 45.6 Å². The number of nitrogens with zero attached hydrogens (tertiary/aromatic N) is 4. The second kappa shape index (κ2) is 11.5. The third-order valence-electron chi connectivity index (χ3n) is 5.39. The van der Waals surface area contributed by atoms with Gasteiger partial charge in [-0.1, -0.05) is 43.8 Å². The fourth-order valence-corrected chi connectivity index (χ4v) is 4.85. The molecule has 0 aliphatic carbocycles. The summed E-state index contributed by atoms with van der Waals surface area (Å²) in [7, 11) is 1.65. The third-order valence-corrected chi connectivity index (χ3v) is 6.45. The zero-order chi connectivity index (χ0) is 23.0. The number of methoxy groups -OCH3 is 1. The Morgan fingerprint density at radius 1 is 1.06 bits per heavy atom. The molecule has 1 aliphatic heterocycles. The molecule has 3 aromatic rings. The van der Waals surface area contributed by atoms with Crippen LogP contribution in [0.3, 0.4) is 0 Å². The molecule has 1 fully saturated rings. The maximum absolute atomic E-state index is 6.03. The van der Waals surface area contributed by atoms with Crippen LogP contribution in [0.25, 0.3) is 5.69 Å². The number of hydrogen-bond donors (Lipinski definition) is 0. The Bertz CT molecular complexity index is 995. The summed E-state index contributed by atoms with van der Waals surface area (Å²) in [6.07, 6.45) is 0.183. The molecular weight excluding hydrogens is 436 g/mol. The normalized spacial score (nSPS) is 16.8. The van der Waals surface area contributed by atoms with E-state index in [1.807, 2.05) is 42.5 Å². The lowest BCUT2D eigenvalue weighted by atomic mass is 10.2. The Morgan fingerprint density at radius 2 is 1.82 bits per heavy atom. The van der Waals surface area contributed by atoms with Gasteiger partial charge in [0.1, 0.15) is 18.1 Å². The zero-order valence-corrected chi connectivity index (χ0v) is 20.3. The van der Waals surface area contributed by atoms with Gasteiger partial charge in [0.05, 0.1) is 19.8 Å². The van der Waals surface area contributed by atoms with Crippen molar-refractivity contribution in [3.05, 3.63) is 60.4 Å². The molecule has 0 radical (unpaired) electrons. The second-order valence-corrected chi connectivity index (χ2v) is 9.48. The topological polar surface area (TPSA) is 61.6 Å². The van der Waals surface area contributed by atoms with Gasteiger partial charge in [-0.25, -0.2) is 0 Å². The first-order chi connectivity index (χ1) is 16.1. The lowest BCUT2D eigenvalue weighted by Gasteiger charge is -2.33. The molecule has 7 nitrogen and oxygen atoms in total. The highest BCUT2D eigenvalue weighted by Crippen LogP contribution is 2.25.